The number of unbranched alkanes of at least 4 members (excludes halogenated alkanes) is 3. The van der Waals surface area contributed by atoms with Gasteiger partial charge >= 0.3 is 0 Å². The van der Waals surface area contributed by atoms with Crippen molar-refractivity contribution in [1.82, 2.24) is 0 Å². The van der Waals surface area contributed by atoms with Crippen molar-refractivity contribution >= 4 is 23.5 Å². The van der Waals surface area contributed by atoms with Gasteiger partial charge in [-0.3, -0.25) is 0 Å². The van der Waals surface area contributed by atoms with Crippen LogP contribution in [0.25, 0.3) is 12.2 Å². The third-order valence-corrected chi connectivity index (χ3v) is 4.03. The lowest BCUT2D eigenvalue weighted by molar-refractivity contribution is -0.699. The predicted molar refractivity (Wildman–Crippen MR) is 84.0 cm³/mol. The smallest absolute Gasteiger partial charge is 0.199 e. The van der Waals surface area contributed by atoms with Gasteiger partial charge in [-0.25, -0.2) is 0 Å². The van der Waals surface area contributed by atoms with E-state index in [0.29, 0.717) is 0 Å². The third kappa shape index (κ3) is 4.64. The van der Waals surface area contributed by atoms with E-state index in [9.17, 15) is 0 Å². The number of rotatable bonds is 7. The Morgan fingerprint density at radius 2 is 2.00 bits per heavy atom. The highest BCUT2D eigenvalue weighted by atomic mass is 32.1. The molecule has 0 aromatic carbocycles. The van der Waals surface area contributed by atoms with Crippen molar-refractivity contribution in [3.8, 4) is 0 Å². The standard InChI is InChI=1S/C17H22NS/c1-2-3-4-6-13-18-14-7-5-9-16(18)11-12-17-10-8-15-19-17/h5,7-12,14-15H,2-4,6,13H2,1H3/q+1. The lowest BCUT2D eigenvalue weighted by atomic mass is 10.2. The van der Waals surface area contributed by atoms with Crippen LogP contribution in [0.1, 0.15) is 43.2 Å². The summed E-state index contributed by atoms with van der Waals surface area (Å²) in [6.45, 7) is 3.37. The number of hydrogen-bond acceptors (Lipinski definition) is 1. The summed E-state index contributed by atoms with van der Waals surface area (Å²) in [4.78, 5) is 1.31. The Kier molecular flexibility index (Phi) is 5.83. The summed E-state index contributed by atoms with van der Waals surface area (Å²) < 4.78 is 2.35. The molecule has 19 heavy (non-hydrogen) atoms. The number of thiophene rings is 1. The number of aromatic nitrogens is 1. The molecule has 0 bridgehead atoms. The van der Waals surface area contributed by atoms with Gasteiger partial charge in [-0.05, 0) is 30.0 Å². The average Bonchev–Trinajstić information content (AvgIpc) is 2.96. The van der Waals surface area contributed by atoms with Gasteiger partial charge in [0.1, 0.15) is 6.54 Å². The van der Waals surface area contributed by atoms with Gasteiger partial charge in [0.05, 0.1) is 0 Å². The highest BCUT2D eigenvalue weighted by molar-refractivity contribution is 7.10. The summed E-state index contributed by atoms with van der Waals surface area (Å²) in [6.07, 6.45) is 11.8. The molecule has 2 aromatic heterocycles. The largest absolute Gasteiger partial charge is 0.205 e. The fourth-order valence-corrected chi connectivity index (χ4v) is 2.73. The van der Waals surface area contributed by atoms with Gasteiger partial charge < -0.3 is 0 Å². The van der Waals surface area contributed by atoms with Crippen molar-refractivity contribution in [2.24, 2.45) is 0 Å². The Bertz CT molecular complexity index is 500. The molecule has 0 unspecified atom stereocenters. The lowest BCUT2D eigenvalue weighted by Crippen LogP contribution is -2.36. The van der Waals surface area contributed by atoms with Crippen LogP contribution in [0.3, 0.4) is 0 Å². The Morgan fingerprint density at radius 3 is 2.79 bits per heavy atom. The van der Waals surface area contributed by atoms with E-state index in [-0.39, 0.29) is 0 Å². The molecule has 0 fully saturated rings. The number of pyridine rings is 1. The van der Waals surface area contributed by atoms with Gasteiger partial charge in [0.25, 0.3) is 0 Å². The molecule has 0 atom stereocenters. The molecule has 100 valence electrons. The highest BCUT2D eigenvalue weighted by Gasteiger charge is 2.05. The Balaban J connectivity index is 1.99. The minimum absolute atomic E-state index is 1.12. The molecule has 0 saturated carbocycles. The first-order chi connectivity index (χ1) is 9.40. The van der Waals surface area contributed by atoms with E-state index in [0.717, 1.165) is 6.54 Å². The van der Waals surface area contributed by atoms with Crippen LogP contribution in [0.15, 0.2) is 41.9 Å². The maximum Gasteiger partial charge on any atom is 0.205 e. The minimum Gasteiger partial charge on any atom is -0.199 e. The maximum atomic E-state index is 2.35. The molecule has 1 nitrogen and oxygen atoms in total. The van der Waals surface area contributed by atoms with Crippen molar-refractivity contribution in [2.45, 2.75) is 39.2 Å². The molecule has 2 aromatic rings. The van der Waals surface area contributed by atoms with E-state index in [1.54, 1.807) is 11.3 Å². The van der Waals surface area contributed by atoms with E-state index < -0.39 is 0 Å². The van der Waals surface area contributed by atoms with E-state index in [2.05, 4.69) is 65.6 Å². The molecule has 0 radical (unpaired) electrons. The molecule has 0 N–H and O–H groups in total. The summed E-state index contributed by atoms with van der Waals surface area (Å²) in [6, 6.07) is 10.6. The zero-order chi connectivity index (χ0) is 13.3. The molecular formula is C17H22NS+. The van der Waals surface area contributed by atoms with Gasteiger partial charge in [-0.2, -0.15) is 4.57 Å². The Morgan fingerprint density at radius 1 is 1.05 bits per heavy atom. The Labute approximate surface area is 120 Å². The van der Waals surface area contributed by atoms with Crippen LogP contribution < -0.4 is 4.57 Å². The van der Waals surface area contributed by atoms with E-state index in [4.69, 9.17) is 0 Å². The molecule has 0 aliphatic carbocycles. The molecular weight excluding hydrogens is 250 g/mol. The van der Waals surface area contributed by atoms with Gasteiger partial charge in [0, 0.05) is 29.5 Å². The van der Waals surface area contributed by atoms with E-state index >= 15 is 0 Å². The first-order valence-electron chi connectivity index (χ1n) is 7.10. The molecule has 0 spiro atoms. The molecule has 0 amide bonds. The second kappa shape index (κ2) is 7.90. The second-order valence-corrected chi connectivity index (χ2v) is 5.71. The highest BCUT2D eigenvalue weighted by Crippen LogP contribution is 2.12. The first kappa shape index (κ1) is 14.0. The molecule has 0 saturated heterocycles. The summed E-state index contributed by atoms with van der Waals surface area (Å²) >= 11 is 1.78. The first-order valence-corrected chi connectivity index (χ1v) is 7.98. The average molecular weight is 272 g/mol. The summed E-state index contributed by atoms with van der Waals surface area (Å²) in [5.74, 6) is 0. The topological polar surface area (TPSA) is 3.88 Å². The van der Waals surface area contributed by atoms with Crippen LogP contribution in [-0.4, -0.2) is 0 Å². The number of hydrogen-bond donors (Lipinski definition) is 0. The van der Waals surface area contributed by atoms with Crippen molar-refractivity contribution in [1.29, 1.82) is 0 Å². The quantitative estimate of drug-likeness (QED) is 0.504. The van der Waals surface area contributed by atoms with E-state index in [1.807, 2.05) is 0 Å². The summed E-state index contributed by atoms with van der Waals surface area (Å²) in [7, 11) is 0. The van der Waals surface area contributed by atoms with Crippen molar-refractivity contribution in [3.63, 3.8) is 0 Å². The summed E-state index contributed by atoms with van der Waals surface area (Å²) in [5, 5.41) is 2.11. The molecule has 2 rings (SSSR count). The molecule has 0 aliphatic heterocycles. The molecule has 2 heterocycles. The van der Waals surface area contributed by atoms with Crippen LogP contribution in [0, 0.1) is 0 Å². The number of aryl methyl sites for hydroxylation is 1. The zero-order valence-corrected chi connectivity index (χ0v) is 12.4. The minimum atomic E-state index is 1.12. The van der Waals surface area contributed by atoms with Gasteiger partial charge in [0.2, 0.25) is 5.69 Å². The van der Waals surface area contributed by atoms with Crippen molar-refractivity contribution in [2.75, 3.05) is 0 Å². The van der Waals surface area contributed by atoms with Gasteiger partial charge in [-0.1, -0.05) is 25.8 Å². The predicted octanol–water partition coefficient (Wildman–Crippen LogP) is 4.79. The van der Waals surface area contributed by atoms with Gasteiger partial charge in [0.15, 0.2) is 6.20 Å². The van der Waals surface area contributed by atoms with Crippen LogP contribution in [0.2, 0.25) is 0 Å². The van der Waals surface area contributed by atoms with E-state index in [1.165, 1.54) is 36.3 Å². The van der Waals surface area contributed by atoms with Crippen LogP contribution in [0.4, 0.5) is 0 Å². The Hall–Kier alpha value is -1.41. The SMILES string of the molecule is CCCCCC[n+]1ccccc1C=Cc1cccs1. The van der Waals surface area contributed by atoms with Crippen molar-refractivity contribution < 1.29 is 4.57 Å². The van der Waals surface area contributed by atoms with Crippen LogP contribution in [0.5, 0.6) is 0 Å². The third-order valence-electron chi connectivity index (χ3n) is 3.19. The van der Waals surface area contributed by atoms with Crippen LogP contribution >= 0.6 is 11.3 Å². The second-order valence-electron chi connectivity index (χ2n) is 4.73. The monoisotopic (exact) mass is 272 g/mol. The summed E-state index contributed by atoms with van der Waals surface area (Å²) in [5.41, 5.74) is 1.28. The van der Waals surface area contributed by atoms with Crippen LogP contribution in [-0.2, 0) is 6.54 Å². The van der Waals surface area contributed by atoms with Gasteiger partial charge in [-0.15, -0.1) is 11.3 Å². The number of nitrogens with zero attached hydrogens (tertiary/aromatic N) is 1. The molecule has 2 heteroatoms. The van der Waals surface area contributed by atoms with Crippen molar-refractivity contribution in [3.05, 3.63) is 52.5 Å². The fourth-order valence-electron chi connectivity index (χ4n) is 2.11. The fraction of sp³-hybridized carbons (Fsp3) is 0.353. The molecule has 0 aliphatic rings. The lowest BCUT2D eigenvalue weighted by Gasteiger charge is -2.00. The maximum absolute atomic E-state index is 2.35. The zero-order valence-electron chi connectivity index (χ0n) is 11.6. The normalized spacial score (nSPS) is 11.2.